The molecule has 2 N–H and O–H groups in total. The minimum atomic E-state index is -0.845. The van der Waals surface area contributed by atoms with Crippen LogP contribution in [0.25, 0.3) is 0 Å². The number of halogens is 2. The Morgan fingerprint density at radius 3 is 2.74 bits per heavy atom. The molecule has 6 heteroatoms. The first-order valence-corrected chi connectivity index (χ1v) is 6.72. The molecule has 0 bridgehead atoms. The van der Waals surface area contributed by atoms with E-state index >= 15 is 0 Å². The van der Waals surface area contributed by atoms with Gasteiger partial charge in [0.2, 0.25) is 0 Å². The molecule has 0 unspecified atom stereocenters. The van der Waals surface area contributed by atoms with E-state index in [1.807, 2.05) is 6.07 Å². The number of nitrogens with one attached hydrogen (secondary N) is 1. The Balaban J connectivity index is 1.98. The molecule has 0 saturated heterocycles. The zero-order valence-electron chi connectivity index (χ0n) is 9.82. The van der Waals surface area contributed by atoms with E-state index in [0.29, 0.717) is 17.3 Å². The van der Waals surface area contributed by atoms with Gasteiger partial charge in [-0.3, -0.25) is 4.79 Å². The monoisotopic (exact) mass is 299 g/mol. The molecule has 0 aliphatic heterocycles. The maximum Gasteiger partial charge on any atom is 0.308 e. The van der Waals surface area contributed by atoms with E-state index in [1.165, 1.54) is 23.5 Å². The molecule has 1 heterocycles. The van der Waals surface area contributed by atoms with Crippen molar-refractivity contribution in [1.82, 2.24) is 0 Å². The summed E-state index contributed by atoms with van der Waals surface area (Å²) in [4.78, 5) is 12.4. The van der Waals surface area contributed by atoms with Crippen LogP contribution in [0.2, 0.25) is 5.02 Å². The van der Waals surface area contributed by atoms with E-state index in [4.69, 9.17) is 16.7 Å². The number of hydrogen-bond acceptors (Lipinski definition) is 3. The van der Waals surface area contributed by atoms with Crippen molar-refractivity contribution in [2.45, 2.75) is 13.0 Å². The van der Waals surface area contributed by atoms with Crippen molar-refractivity contribution in [1.29, 1.82) is 0 Å². The lowest BCUT2D eigenvalue weighted by molar-refractivity contribution is -0.136. The highest BCUT2D eigenvalue weighted by molar-refractivity contribution is 7.12. The number of carbonyl (C=O) groups is 1. The fourth-order valence-electron chi connectivity index (χ4n) is 1.58. The molecule has 3 nitrogen and oxygen atoms in total. The van der Waals surface area contributed by atoms with Gasteiger partial charge in [-0.25, -0.2) is 4.39 Å². The summed E-state index contributed by atoms with van der Waals surface area (Å²) < 4.78 is 12.9. The normalized spacial score (nSPS) is 10.4. The van der Waals surface area contributed by atoms with Crippen LogP contribution in [0, 0.1) is 5.82 Å². The number of rotatable bonds is 5. The van der Waals surface area contributed by atoms with Gasteiger partial charge in [-0.1, -0.05) is 11.6 Å². The zero-order chi connectivity index (χ0) is 13.8. The van der Waals surface area contributed by atoms with Gasteiger partial charge < -0.3 is 10.4 Å². The molecule has 1 aromatic heterocycles. The van der Waals surface area contributed by atoms with Gasteiger partial charge in [-0.05, 0) is 30.3 Å². The fraction of sp³-hybridized carbons (Fsp3) is 0.154. The summed E-state index contributed by atoms with van der Waals surface area (Å²) in [5, 5.41) is 12.1. The zero-order valence-corrected chi connectivity index (χ0v) is 11.4. The maximum absolute atomic E-state index is 12.9. The van der Waals surface area contributed by atoms with Crippen LogP contribution < -0.4 is 5.32 Å². The minimum absolute atomic E-state index is 0.0297. The molecule has 100 valence electrons. The summed E-state index contributed by atoms with van der Waals surface area (Å²) in [7, 11) is 0. The van der Waals surface area contributed by atoms with E-state index in [1.54, 1.807) is 12.1 Å². The molecule has 0 saturated carbocycles. The Hall–Kier alpha value is -1.59. The Bertz CT molecular complexity index is 600. The Kier molecular flexibility index (Phi) is 4.39. The molecule has 0 spiro atoms. The van der Waals surface area contributed by atoms with Gasteiger partial charge >= 0.3 is 5.97 Å². The fourth-order valence-corrected chi connectivity index (χ4v) is 2.76. The number of carboxylic acids is 1. The van der Waals surface area contributed by atoms with Crippen LogP contribution in [0.1, 0.15) is 9.75 Å². The van der Waals surface area contributed by atoms with E-state index in [-0.39, 0.29) is 12.2 Å². The molecular weight excluding hydrogens is 289 g/mol. The lowest BCUT2D eigenvalue weighted by Crippen LogP contribution is -1.98. The molecule has 0 fully saturated rings. The summed E-state index contributed by atoms with van der Waals surface area (Å²) in [5.74, 6) is -1.22. The summed E-state index contributed by atoms with van der Waals surface area (Å²) in [6.07, 6.45) is 0.0297. The molecular formula is C13H11ClFNO2S. The van der Waals surface area contributed by atoms with E-state index < -0.39 is 5.97 Å². The molecule has 0 amide bonds. The second-order valence-electron chi connectivity index (χ2n) is 3.92. The average molecular weight is 300 g/mol. The summed E-state index contributed by atoms with van der Waals surface area (Å²) in [5.41, 5.74) is 0.649. The number of aliphatic carboxylic acids is 1. The number of anilines is 1. The number of thiophene rings is 1. The van der Waals surface area contributed by atoms with E-state index in [9.17, 15) is 9.18 Å². The minimum Gasteiger partial charge on any atom is -0.481 e. The average Bonchev–Trinajstić information content (AvgIpc) is 2.74. The summed E-state index contributed by atoms with van der Waals surface area (Å²) in [6.45, 7) is 0.523. The highest BCUT2D eigenvalue weighted by Gasteiger charge is 2.06. The topological polar surface area (TPSA) is 49.3 Å². The van der Waals surface area contributed by atoms with Crippen molar-refractivity contribution >= 4 is 34.6 Å². The lowest BCUT2D eigenvalue weighted by Gasteiger charge is -2.06. The number of carboxylic acid groups (broad SMARTS) is 1. The van der Waals surface area contributed by atoms with Crippen LogP contribution in [0.3, 0.4) is 0 Å². The van der Waals surface area contributed by atoms with Gasteiger partial charge in [0.15, 0.2) is 0 Å². The van der Waals surface area contributed by atoms with Crippen LogP contribution >= 0.6 is 22.9 Å². The first kappa shape index (κ1) is 13.8. The van der Waals surface area contributed by atoms with Crippen molar-refractivity contribution in [3.63, 3.8) is 0 Å². The molecule has 1 aromatic carbocycles. The third-order valence-electron chi connectivity index (χ3n) is 2.43. The predicted molar refractivity (Wildman–Crippen MR) is 74.4 cm³/mol. The Morgan fingerprint density at radius 2 is 2.05 bits per heavy atom. The maximum atomic E-state index is 12.9. The molecule has 19 heavy (non-hydrogen) atoms. The number of benzene rings is 1. The van der Waals surface area contributed by atoms with Crippen molar-refractivity contribution in [2.24, 2.45) is 0 Å². The van der Waals surface area contributed by atoms with Crippen molar-refractivity contribution in [2.75, 3.05) is 5.32 Å². The second-order valence-corrected chi connectivity index (χ2v) is 5.58. The van der Waals surface area contributed by atoms with Crippen LogP contribution in [-0.2, 0) is 17.8 Å². The molecule has 2 aromatic rings. The lowest BCUT2D eigenvalue weighted by atomic mass is 10.3. The molecule has 0 aliphatic rings. The van der Waals surface area contributed by atoms with Gasteiger partial charge in [-0.2, -0.15) is 0 Å². The molecule has 2 rings (SSSR count). The molecule has 0 radical (unpaired) electrons. The highest BCUT2D eigenvalue weighted by Crippen LogP contribution is 2.24. The predicted octanol–water partition coefficient (Wildman–Crippen LogP) is 3.78. The highest BCUT2D eigenvalue weighted by atomic mass is 35.5. The Morgan fingerprint density at radius 1 is 1.32 bits per heavy atom. The second kappa shape index (κ2) is 6.04. The van der Waals surface area contributed by atoms with E-state index in [2.05, 4.69) is 5.32 Å². The smallest absolute Gasteiger partial charge is 0.308 e. The SMILES string of the molecule is O=C(O)Cc1ccc(CNc2ccc(F)cc2Cl)s1. The summed E-state index contributed by atoms with van der Waals surface area (Å²) >= 11 is 7.32. The third kappa shape index (κ3) is 3.94. The van der Waals surface area contributed by atoms with Crippen molar-refractivity contribution in [3.8, 4) is 0 Å². The first-order chi connectivity index (χ1) is 9.04. The van der Waals surface area contributed by atoms with Crippen molar-refractivity contribution < 1.29 is 14.3 Å². The van der Waals surface area contributed by atoms with Crippen LogP contribution in [-0.4, -0.2) is 11.1 Å². The van der Waals surface area contributed by atoms with Crippen molar-refractivity contribution in [3.05, 3.63) is 50.9 Å². The van der Waals surface area contributed by atoms with Crippen LogP contribution in [0.5, 0.6) is 0 Å². The third-order valence-corrected chi connectivity index (χ3v) is 3.82. The van der Waals surface area contributed by atoms with Gasteiger partial charge in [0.05, 0.1) is 17.1 Å². The Labute approximate surface area is 118 Å². The van der Waals surface area contributed by atoms with Gasteiger partial charge in [0, 0.05) is 16.3 Å². The quantitative estimate of drug-likeness (QED) is 0.883. The molecule has 0 aliphatic carbocycles. The van der Waals surface area contributed by atoms with Crippen LogP contribution in [0.15, 0.2) is 30.3 Å². The van der Waals surface area contributed by atoms with E-state index in [0.717, 1.165) is 9.75 Å². The standard InChI is InChI=1S/C13H11ClFNO2S/c14-11-5-8(15)1-4-12(11)16-7-10-3-2-9(19-10)6-13(17)18/h1-5,16H,6-7H2,(H,17,18). The molecule has 0 atom stereocenters. The van der Waals surface area contributed by atoms with Crippen LogP contribution in [0.4, 0.5) is 10.1 Å². The van der Waals surface area contributed by atoms with Gasteiger partial charge in [0.1, 0.15) is 5.82 Å². The number of hydrogen-bond donors (Lipinski definition) is 2. The largest absolute Gasteiger partial charge is 0.481 e. The first-order valence-electron chi connectivity index (χ1n) is 5.53. The van der Waals surface area contributed by atoms with Gasteiger partial charge in [-0.15, -0.1) is 11.3 Å². The summed E-state index contributed by atoms with van der Waals surface area (Å²) in [6, 6.07) is 7.81. The van der Waals surface area contributed by atoms with Gasteiger partial charge in [0.25, 0.3) is 0 Å².